The highest BCUT2D eigenvalue weighted by molar-refractivity contribution is 14.0. The van der Waals surface area contributed by atoms with Gasteiger partial charge in [-0.05, 0) is 44.4 Å². The van der Waals surface area contributed by atoms with Crippen molar-refractivity contribution >= 4 is 35.9 Å². The summed E-state index contributed by atoms with van der Waals surface area (Å²) in [6, 6.07) is 6.51. The first-order valence-corrected chi connectivity index (χ1v) is 9.45. The van der Waals surface area contributed by atoms with Crippen molar-refractivity contribution in [3.05, 3.63) is 29.3 Å². The molecule has 0 saturated carbocycles. The second-order valence-corrected chi connectivity index (χ2v) is 7.00. The lowest BCUT2D eigenvalue weighted by Gasteiger charge is -2.35. The van der Waals surface area contributed by atoms with Gasteiger partial charge in [-0.2, -0.15) is 0 Å². The molecule has 158 valence electrons. The molecule has 0 bridgehead atoms. The lowest BCUT2D eigenvalue weighted by molar-refractivity contribution is 0.0597. The molecule has 7 nitrogen and oxygen atoms in total. The van der Waals surface area contributed by atoms with E-state index >= 15 is 0 Å². The maximum atomic E-state index is 11.9. The van der Waals surface area contributed by atoms with Gasteiger partial charge in [0.15, 0.2) is 5.96 Å². The minimum atomic E-state index is -0.409. The van der Waals surface area contributed by atoms with Gasteiger partial charge in [-0.3, -0.25) is 4.99 Å². The SMILES string of the molecule is CN=C(NCc1ccc(OC)c(C(=O)OC)c1)NC1CCN(C(C)C)CC1.I. The number of hydrogen-bond donors (Lipinski definition) is 2. The molecule has 1 aliphatic heterocycles. The number of esters is 1. The van der Waals surface area contributed by atoms with Crippen molar-refractivity contribution in [1.29, 1.82) is 0 Å². The topological polar surface area (TPSA) is 75.2 Å². The van der Waals surface area contributed by atoms with Crippen LogP contribution in [0.15, 0.2) is 23.2 Å². The minimum Gasteiger partial charge on any atom is -0.496 e. The Bertz CT molecular complexity index is 659. The van der Waals surface area contributed by atoms with Crippen molar-refractivity contribution in [2.24, 2.45) is 4.99 Å². The number of methoxy groups -OCH3 is 2. The zero-order valence-electron chi connectivity index (χ0n) is 17.4. The maximum absolute atomic E-state index is 11.9. The average molecular weight is 504 g/mol. The molecular weight excluding hydrogens is 471 g/mol. The van der Waals surface area contributed by atoms with Crippen molar-refractivity contribution in [2.45, 2.75) is 45.3 Å². The molecule has 28 heavy (non-hydrogen) atoms. The Morgan fingerprint density at radius 1 is 1.29 bits per heavy atom. The molecule has 1 aromatic carbocycles. The summed E-state index contributed by atoms with van der Waals surface area (Å²) in [6.45, 7) is 7.25. The summed E-state index contributed by atoms with van der Waals surface area (Å²) in [5.41, 5.74) is 1.37. The van der Waals surface area contributed by atoms with Crippen LogP contribution in [0.5, 0.6) is 5.75 Å². The first-order chi connectivity index (χ1) is 13.0. The Balaban J connectivity index is 0.00000392. The number of ether oxygens (including phenoxy) is 2. The Hall–Kier alpha value is -1.55. The number of guanidine groups is 1. The monoisotopic (exact) mass is 504 g/mol. The van der Waals surface area contributed by atoms with Gasteiger partial charge in [-0.25, -0.2) is 4.79 Å². The van der Waals surface area contributed by atoms with Crippen molar-refractivity contribution in [2.75, 3.05) is 34.4 Å². The van der Waals surface area contributed by atoms with Gasteiger partial charge in [0.25, 0.3) is 0 Å². The van der Waals surface area contributed by atoms with E-state index in [-0.39, 0.29) is 24.0 Å². The molecule has 2 rings (SSSR count). The molecule has 0 aromatic heterocycles. The third-order valence-electron chi connectivity index (χ3n) is 4.95. The van der Waals surface area contributed by atoms with Gasteiger partial charge in [0.1, 0.15) is 11.3 Å². The van der Waals surface area contributed by atoms with Crippen LogP contribution < -0.4 is 15.4 Å². The summed E-state index contributed by atoms with van der Waals surface area (Å²) >= 11 is 0. The first kappa shape index (κ1) is 24.5. The highest BCUT2D eigenvalue weighted by Gasteiger charge is 2.21. The normalized spacial score (nSPS) is 15.7. The van der Waals surface area contributed by atoms with Crippen molar-refractivity contribution in [3.8, 4) is 5.75 Å². The maximum Gasteiger partial charge on any atom is 0.341 e. The molecule has 0 radical (unpaired) electrons. The molecule has 1 aromatic rings. The fourth-order valence-corrected chi connectivity index (χ4v) is 3.27. The molecule has 0 spiro atoms. The third-order valence-corrected chi connectivity index (χ3v) is 4.95. The molecule has 0 aliphatic carbocycles. The minimum absolute atomic E-state index is 0. The fourth-order valence-electron chi connectivity index (χ4n) is 3.27. The van der Waals surface area contributed by atoms with E-state index in [1.54, 1.807) is 19.2 Å². The number of nitrogens with one attached hydrogen (secondary N) is 2. The van der Waals surface area contributed by atoms with Gasteiger partial charge in [0.05, 0.1) is 14.2 Å². The summed E-state index contributed by atoms with van der Waals surface area (Å²) in [4.78, 5) is 18.7. The summed E-state index contributed by atoms with van der Waals surface area (Å²) in [6.07, 6.45) is 2.21. The molecule has 0 atom stereocenters. The molecule has 2 N–H and O–H groups in total. The molecule has 1 saturated heterocycles. The molecule has 0 amide bonds. The number of carbonyl (C=O) groups excluding carboxylic acids is 1. The van der Waals surface area contributed by atoms with Crippen LogP contribution in [0.2, 0.25) is 0 Å². The Labute approximate surface area is 185 Å². The Morgan fingerprint density at radius 2 is 1.96 bits per heavy atom. The zero-order chi connectivity index (χ0) is 19.8. The number of carbonyl (C=O) groups is 1. The van der Waals surface area contributed by atoms with Crippen molar-refractivity contribution < 1.29 is 14.3 Å². The summed E-state index contributed by atoms with van der Waals surface area (Å²) in [5, 5.41) is 6.82. The Kier molecular flexibility index (Phi) is 10.6. The molecule has 8 heteroatoms. The number of halogens is 1. The second-order valence-electron chi connectivity index (χ2n) is 7.00. The first-order valence-electron chi connectivity index (χ1n) is 9.45. The highest BCUT2D eigenvalue weighted by atomic mass is 127. The van der Waals surface area contributed by atoms with E-state index in [9.17, 15) is 4.79 Å². The largest absolute Gasteiger partial charge is 0.496 e. The number of hydrogen-bond acceptors (Lipinski definition) is 5. The van der Waals surface area contributed by atoms with E-state index in [0.717, 1.165) is 37.5 Å². The van der Waals surface area contributed by atoms with Gasteiger partial charge in [-0.15, -0.1) is 24.0 Å². The van der Waals surface area contributed by atoms with Crippen LogP contribution in [0, 0.1) is 0 Å². The summed E-state index contributed by atoms with van der Waals surface area (Å²) in [7, 11) is 4.67. The lowest BCUT2D eigenvalue weighted by Crippen LogP contribution is -2.49. The predicted octanol–water partition coefficient (Wildman–Crippen LogP) is 2.64. The Morgan fingerprint density at radius 3 is 2.50 bits per heavy atom. The quantitative estimate of drug-likeness (QED) is 0.269. The van der Waals surface area contributed by atoms with E-state index < -0.39 is 5.97 Å². The predicted molar refractivity (Wildman–Crippen MR) is 123 cm³/mol. The van der Waals surface area contributed by atoms with Crippen LogP contribution >= 0.6 is 24.0 Å². The van der Waals surface area contributed by atoms with E-state index in [1.165, 1.54) is 14.2 Å². The number of rotatable bonds is 6. The van der Waals surface area contributed by atoms with Gasteiger partial charge in [0.2, 0.25) is 0 Å². The average Bonchev–Trinajstić information content (AvgIpc) is 2.70. The van der Waals surface area contributed by atoms with E-state index in [0.29, 0.717) is 29.9 Å². The van der Waals surface area contributed by atoms with E-state index in [2.05, 4.69) is 34.4 Å². The molecule has 0 unspecified atom stereocenters. The number of likely N-dealkylation sites (tertiary alicyclic amines) is 1. The zero-order valence-corrected chi connectivity index (χ0v) is 19.8. The van der Waals surface area contributed by atoms with Gasteiger partial charge in [0, 0.05) is 38.8 Å². The van der Waals surface area contributed by atoms with Crippen LogP contribution in [-0.2, 0) is 11.3 Å². The smallest absolute Gasteiger partial charge is 0.341 e. The number of benzene rings is 1. The number of aliphatic imine (C=N–C) groups is 1. The van der Waals surface area contributed by atoms with Crippen LogP contribution in [0.3, 0.4) is 0 Å². The molecule has 1 heterocycles. The third kappa shape index (κ3) is 6.80. The van der Waals surface area contributed by atoms with Gasteiger partial charge >= 0.3 is 5.97 Å². The van der Waals surface area contributed by atoms with Crippen molar-refractivity contribution in [3.63, 3.8) is 0 Å². The van der Waals surface area contributed by atoms with Crippen molar-refractivity contribution in [1.82, 2.24) is 15.5 Å². The van der Waals surface area contributed by atoms with Crippen LogP contribution in [0.25, 0.3) is 0 Å². The van der Waals surface area contributed by atoms with Gasteiger partial charge < -0.3 is 25.0 Å². The molecular formula is C20H33IN4O3. The lowest BCUT2D eigenvalue weighted by atomic mass is 10.0. The number of nitrogens with zero attached hydrogens (tertiary/aromatic N) is 2. The standard InChI is InChI=1S/C20H32N4O3.HI/c1-14(2)24-10-8-16(9-11-24)23-20(21-3)22-13-15-6-7-18(26-4)17(12-15)19(25)27-5;/h6-7,12,14,16H,8-11,13H2,1-5H3,(H2,21,22,23);1H. The number of piperidine rings is 1. The van der Waals surface area contributed by atoms with Crippen LogP contribution in [0.1, 0.15) is 42.6 Å². The highest BCUT2D eigenvalue weighted by Crippen LogP contribution is 2.20. The van der Waals surface area contributed by atoms with Crippen LogP contribution in [0.4, 0.5) is 0 Å². The van der Waals surface area contributed by atoms with E-state index in [4.69, 9.17) is 9.47 Å². The summed E-state index contributed by atoms with van der Waals surface area (Å²) in [5.74, 6) is 0.867. The fraction of sp³-hybridized carbons (Fsp3) is 0.600. The molecule has 1 fully saturated rings. The van der Waals surface area contributed by atoms with E-state index in [1.807, 2.05) is 6.07 Å². The van der Waals surface area contributed by atoms with Crippen LogP contribution in [-0.4, -0.2) is 63.3 Å². The summed E-state index contributed by atoms with van der Waals surface area (Å²) < 4.78 is 10.1. The van der Waals surface area contributed by atoms with Gasteiger partial charge in [-0.1, -0.05) is 6.07 Å². The molecule has 1 aliphatic rings. The second kappa shape index (κ2) is 12.1.